The van der Waals surface area contributed by atoms with Crippen molar-refractivity contribution in [3.8, 4) is 0 Å². The molecule has 0 radical (unpaired) electrons. The van der Waals surface area contributed by atoms with Crippen molar-refractivity contribution in [3.63, 3.8) is 0 Å². The third-order valence-corrected chi connectivity index (χ3v) is 4.63. The van der Waals surface area contributed by atoms with Gasteiger partial charge in [0.05, 0.1) is 23.7 Å². The summed E-state index contributed by atoms with van der Waals surface area (Å²) in [4.78, 5) is 9.26. The van der Waals surface area contributed by atoms with E-state index in [2.05, 4.69) is 57.2 Å². The first-order chi connectivity index (χ1) is 13.3. The number of fused-ring (bicyclic) bond motifs is 1. The van der Waals surface area contributed by atoms with Crippen LogP contribution in [-0.2, 0) is 16.0 Å². The molecule has 0 saturated carbocycles. The first-order valence-electron chi connectivity index (χ1n) is 9.91. The fourth-order valence-corrected chi connectivity index (χ4v) is 3.26. The average molecular weight is 501 g/mol. The number of rotatable bonds is 9. The Morgan fingerprint density at radius 2 is 2.21 bits per heavy atom. The molecule has 156 valence electrons. The molecule has 1 unspecified atom stereocenters. The maximum Gasteiger partial charge on any atom is 0.191 e. The van der Waals surface area contributed by atoms with E-state index in [1.54, 1.807) is 0 Å². The molecule has 1 atom stereocenters. The first-order valence-corrected chi connectivity index (χ1v) is 9.91. The Balaban J connectivity index is 0.00000280. The summed E-state index contributed by atoms with van der Waals surface area (Å²) in [6.45, 7) is 9.65. The topological polar surface area (TPSA) is 72.7 Å². The Kier molecular flexibility index (Phi) is 10.0. The van der Waals surface area contributed by atoms with E-state index in [9.17, 15) is 0 Å². The molecule has 0 bridgehead atoms. The number of aliphatic imine (C=N–C) groups is 1. The van der Waals surface area contributed by atoms with Gasteiger partial charge < -0.3 is 24.7 Å². The third kappa shape index (κ3) is 6.59. The Bertz CT molecular complexity index is 743. The minimum absolute atomic E-state index is 0. The van der Waals surface area contributed by atoms with E-state index in [4.69, 9.17) is 9.47 Å². The maximum absolute atomic E-state index is 5.78. The Morgan fingerprint density at radius 3 is 3.00 bits per heavy atom. The lowest BCUT2D eigenvalue weighted by atomic mass is 10.3. The fourth-order valence-electron chi connectivity index (χ4n) is 3.26. The van der Waals surface area contributed by atoms with Crippen molar-refractivity contribution >= 4 is 41.0 Å². The van der Waals surface area contributed by atoms with Crippen LogP contribution >= 0.6 is 24.0 Å². The minimum atomic E-state index is 0. The zero-order chi connectivity index (χ0) is 18.9. The highest BCUT2D eigenvalue weighted by Crippen LogP contribution is 2.14. The fraction of sp³-hybridized carbons (Fsp3) is 0.600. The number of hydrogen-bond donors (Lipinski definition) is 2. The van der Waals surface area contributed by atoms with E-state index in [1.165, 1.54) is 5.52 Å². The molecule has 7 nitrogen and oxygen atoms in total. The molecule has 1 saturated heterocycles. The van der Waals surface area contributed by atoms with Crippen molar-refractivity contribution in [2.75, 3.05) is 39.5 Å². The van der Waals surface area contributed by atoms with Gasteiger partial charge in [-0.15, -0.1) is 24.0 Å². The highest BCUT2D eigenvalue weighted by Gasteiger charge is 2.15. The van der Waals surface area contributed by atoms with E-state index in [0.717, 1.165) is 76.1 Å². The van der Waals surface area contributed by atoms with Crippen LogP contribution in [0.2, 0.25) is 0 Å². The van der Waals surface area contributed by atoms with Crippen LogP contribution in [0.4, 0.5) is 0 Å². The number of guanidine groups is 1. The predicted molar refractivity (Wildman–Crippen MR) is 124 cm³/mol. The lowest BCUT2D eigenvalue weighted by Gasteiger charge is -2.13. The second-order valence-corrected chi connectivity index (χ2v) is 6.70. The van der Waals surface area contributed by atoms with Gasteiger partial charge in [0.2, 0.25) is 0 Å². The molecule has 0 aliphatic carbocycles. The second-order valence-electron chi connectivity index (χ2n) is 6.70. The van der Waals surface area contributed by atoms with Gasteiger partial charge in [0.25, 0.3) is 0 Å². The summed E-state index contributed by atoms with van der Waals surface area (Å²) in [5.74, 6) is 1.89. The highest BCUT2D eigenvalue weighted by atomic mass is 127. The molecule has 1 aliphatic rings. The second kappa shape index (κ2) is 12.2. The standard InChI is InChI=1S/C20H31N5O2.HI/c1-3-21-20(22-10-6-13-27-17-9-14-26-15-17)23-11-12-25-16(2)24-18-7-4-5-8-19(18)25;/h4-5,7-8,17H,3,6,9-15H2,1-2H3,(H2,21,22,23);1H. The number of aromatic nitrogens is 2. The van der Waals surface area contributed by atoms with Crippen LogP contribution in [-0.4, -0.2) is 61.1 Å². The lowest BCUT2D eigenvalue weighted by molar-refractivity contribution is 0.0424. The molecule has 0 amide bonds. The molecule has 3 rings (SSSR count). The van der Waals surface area contributed by atoms with Crippen LogP contribution < -0.4 is 10.6 Å². The largest absolute Gasteiger partial charge is 0.379 e. The molecule has 2 heterocycles. The summed E-state index contributed by atoms with van der Waals surface area (Å²) in [6, 6.07) is 8.25. The van der Waals surface area contributed by atoms with Gasteiger partial charge in [0.15, 0.2) is 5.96 Å². The Morgan fingerprint density at radius 1 is 1.36 bits per heavy atom. The van der Waals surface area contributed by atoms with Gasteiger partial charge >= 0.3 is 0 Å². The number of hydrogen-bond acceptors (Lipinski definition) is 4. The summed E-state index contributed by atoms with van der Waals surface area (Å²) in [7, 11) is 0. The van der Waals surface area contributed by atoms with E-state index in [1.807, 2.05) is 6.07 Å². The summed E-state index contributed by atoms with van der Waals surface area (Å²) < 4.78 is 13.3. The molecule has 8 heteroatoms. The maximum atomic E-state index is 5.78. The molecule has 1 aromatic carbocycles. The zero-order valence-corrected chi connectivity index (χ0v) is 19.1. The van der Waals surface area contributed by atoms with Crippen molar-refractivity contribution in [2.45, 2.75) is 39.3 Å². The SMILES string of the molecule is CCNC(=NCCCOC1CCOC1)NCCn1c(C)nc2ccccc21.I. The number of imidazole rings is 1. The van der Waals surface area contributed by atoms with Crippen LogP contribution in [0.3, 0.4) is 0 Å². The van der Waals surface area contributed by atoms with Gasteiger partial charge in [-0.25, -0.2) is 4.98 Å². The highest BCUT2D eigenvalue weighted by molar-refractivity contribution is 14.0. The molecule has 1 aromatic heterocycles. The normalized spacial score (nSPS) is 16.9. The van der Waals surface area contributed by atoms with Crippen LogP contribution in [0.15, 0.2) is 29.3 Å². The van der Waals surface area contributed by atoms with Crippen molar-refractivity contribution < 1.29 is 9.47 Å². The van der Waals surface area contributed by atoms with E-state index < -0.39 is 0 Å². The smallest absolute Gasteiger partial charge is 0.191 e. The molecule has 0 spiro atoms. The Hall–Kier alpha value is -1.39. The van der Waals surface area contributed by atoms with Gasteiger partial charge in [-0.05, 0) is 38.8 Å². The van der Waals surface area contributed by atoms with Crippen molar-refractivity contribution in [2.24, 2.45) is 4.99 Å². The average Bonchev–Trinajstić information content (AvgIpc) is 3.29. The summed E-state index contributed by atoms with van der Waals surface area (Å²) in [6.07, 6.45) is 2.20. The van der Waals surface area contributed by atoms with Crippen molar-refractivity contribution in [3.05, 3.63) is 30.1 Å². The van der Waals surface area contributed by atoms with Gasteiger partial charge in [-0.2, -0.15) is 0 Å². The number of aryl methyl sites for hydroxylation is 1. The number of nitrogens with zero attached hydrogens (tertiary/aromatic N) is 3. The molecule has 28 heavy (non-hydrogen) atoms. The zero-order valence-electron chi connectivity index (χ0n) is 16.8. The molecule has 2 N–H and O–H groups in total. The van der Waals surface area contributed by atoms with Gasteiger partial charge in [-0.1, -0.05) is 12.1 Å². The Labute approximate surface area is 184 Å². The molecular weight excluding hydrogens is 469 g/mol. The molecule has 1 fully saturated rings. The van der Waals surface area contributed by atoms with Crippen LogP contribution in [0, 0.1) is 6.92 Å². The van der Waals surface area contributed by atoms with E-state index >= 15 is 0 Å². The van der Waals surface area contributed by atoms with Gasteiger partial charge in [0.1, 0.15) is 5.82 Å². The lowest BCUT2D eigenvalue weighted by Crippen LogP contribution is -2.39. The van der Waals surface area contributed by atoms with E-state index in [-0.39, 0.29) is 30.1 Å². The number of benzene rings is 1. The molecule has 1 aliphatic heterocycles. The number of para-hydroxylation sites is 2. The van der Waals surface area contributed by atoms with Crippen LogP contribution in [0.5, 0.6) is 0 Å². The van der Waals surface area contributed by atoms with Crippen molar-refractivity contribution in [1.82, 2.24) is 20.2 Å². The quantitative estimate of drug-likeness (QED) is 0.239. The van der Waals surface area contributed by atoms with Crippen LogP contribution in [0.25, 0.3) is 11.0 Å². The minimum Gasteiger partial charge on any atom is -0.379 e. The molecular formula is C20H32IN5O2. The summed E-state index contributed by atoms with van der Waals surface area (Å²) in [5, 5.41) is 6.71. The van der Waals surface area contributed by atoms with Crippen molar-refractivity contribution in [1.29, 1.82) is 0 Å². The third-order valence-electron chi connectivity index (χ3n) is 4.63. The number of ether oxygens (including phenoxy) is 2. The monoisotopic (exact) mass is 501 g/mol. The number of halogens is 1. The molecule has 2 aromatic rings. The van der Waals surface area contributed by atoms with Gasteiger partial charge in [0, 0.05) is 39.4 Å². The summed E-state index contributed by atoms with van der Waals surface area (Å²) >= 11 is 0. The predicted octanol–water partition coefficient (Wildman–Crippen LogP) is 2.71. The van der Waals surface area contributed by atoms with Crippen LogP contribution in [0.1, 0.15) is 25.6 Å². The van der Waals surface area contributed by atoms with E-state index in [0.29, 0.717) is 0 Å². The number of nitrogens with one attached hydrogen (secondary N) is 2. The van der Waals surface area contributed by atoms with Gasteiger partial charge in [-0.3, -0.25) is 4.99 Å². The first kappa shape index (κ1) is 22.9. The summed E-state index contributed by atoms with van der Waals surface area (Å²) in [5.41, 5.74) is 2.22.